The molecule has 188 valence electrons. The normalized spacial score (nSPS) is 14.0. The fraction of sp³-hybridized carbons (Fsp3) is 0.280. The Balaban J connectivity index is 1.30. The highest BCUT2D eigenvalue weighted by atomic mass is 32.2. The Morgan fingerprint density at radius 1 is 1.11 bits per heavy atom. The number of nitrogen functional groups attached to an aromatic ring is 1. The van der Waals surface area contributed by atoms with E-state index < -0.39 is 23.1 Å². The van der Waals surface area contributed by atoms with Crippen molar-refractivity contribution >= 4 is 35.1 Å². The summed E-state index contributed by atoms with van der Waals surface area (Å²) in [6, 6.07) is 12.9. The van der Waals surface area contributed by atoms with E-state index in [4.69, 9.17) is 5.73 Å². The summed E-state index contributed by atoms with van der Waals surface area (Å²) in [5.41, 5.74) is 5.91. The van der Waals surface area contributed by atoms with E-state index in [-0.39, 0.29) is 33.9 Å². The van der Waals surface area contributed by atoms with Crippen molar-refractivity contribution < 1.29 is 18.4 Å². The number of piperidine rings is 1. The van der Waals surface area contributed by atoms with E-state index in [9.17, 15) is 23.2 Å². The van der Waals surface area contributed by atoms with Gasteiger partial charge in [-0.15, -0.1) is 0 Å². The van der Waals surface area contributed by atoms with E-state index >= 15 is 0 Å². The maximum Gasteiger partial charge on any atom is 0.277 e. The maximum atomic E-state index is 13.4. The molecule has 4 N–H and O–H groups in total. The van der Waals surface area contributed by atoms with Crippen molar-refractivity contribution in [1.82, 2.24) is 14.9 Å². The molecule has 2 aromatic carbocycles. The van der Waals surface area contributed by atoms with Gasteiger partial charge in [-0.05, 0) is 48.9 Å². The van der Waals surface area contributed by atoms with Crippen LogP contribution >= 0.6 is 11.8 Å². The average molecular weight is 514 g/mol. The average Bonchev–Trinajstić information content (AvgIpc) is 2.87. The lowest BCUT2D eigenvalue weighted by Crippen LogP contribution is -2.39. The number of nitrogens with one attached hydrogen (secondary N) is 2. The van der Waals surface area contributed by atoms with Crippen molar-refractivity contribution in [1.29, 1.82) is 0 Å². The minimum absolute atomic E-state index is 0.0601. The third kappa shape index (κ3) is 6.28. The lowest BCUT2D eigenvalue weighted by molar-refractivity contribution is -0.129. The van der Waals surface area contributed by atoms with Crippen LogP contribution in [0.4, 0.5) is 20.3 Å². The van der Waals surface area contributed by atoms with Gasteiger partial charge in [-0.2, -0.15) is 0 Å². The van der Waals surface area contributed by atoms with Crippen LogP contribution < -0.4 is 16.6 Å². The molecule has 4 rings (SSSR count). The van der Waals surface area contributed by atoms with Gasteiger partial charge in [-0.3, -0.25) is 19.4 Å². The van der Waals surface area contributed by atoms with E-state index in [1.807, 2.05) is 23.1 Å². The largest absolute Gasteiger partial charge is 0.382 e. The molecule has 36 heavy (non-hydrogen) atoms. The highest BCUT2D eigenvalue weighted by molar-refractivity contribution is 7.99. The first-order valence-corrected chi connectivity index (χ1v) is 12.4. The third-order valence-corrected chi connectivity index (χ3v) is 6.87. The van der Waals surface area contributed by atoms with E-state index in [2.05, 4.69) is 27.4 Å². The molecule has 1 fully saturated rings. The lowest BCUT2D eigenvalue weighted by Gasteiger charge is -2.32. The Kier molecular flexibility index (Phi) is 7.99. The number of aromatic amines is 1. The van der Waals surface area contributed by atoms with Gasteiger partial charge in [-0.25, -0.2) is 13.8 Å². The number of halogens is 2. The number of hydrogen-bond donors (Lipinski definition) is 3. The minimum Gasteiger partial charge on any atom is -0.382 e. The van der Waals surface area contributed by atoms with E-state index in [1.165, 1.54) is 5.56 Å². The standard InChI is InChI=1S/C25H25F2N5O3S/c26-18-7-6-17(13-19(18)27)23(34)29-21-22(28)30-25(31-24(21)35)36-14-20(33)32-10-8-16(9-11-32)12-15-4-2-1-3-5-15/h1-7,13,16H,8-12,14H2,(H,29,34)(H3,28,30,31,35). The number of H-pyrrole nitrogens is 1. The lowest BCUT2D eigenvalue weighted by atomic mass is 9.90. The molecule has 0 atom stereocenters. The molecule has 0 saturated carbocycles. The molecular weight excluding hydrogens is 488 g/mol. The van der Waals surface area contributed by atoms with Crippen LogP contribution in [0, 0.1) is 17.6 Å². The first kappa shape index (κ1) is 25.4. The van der Waals surface area contributed by atoms with Crippen molar-refractivity contribution in [3.8, 4) is 0 Å². The van der Waals surface area contributed by atoms with Crippen molar-refractivity contribution in [3.05, 3.63) is 81.6 Å². The van der Waals surface area contributed by atoms with Crippen LogP contribution in [0.25, 0.3) is 0 Å². The number of nitrogens with two attached hydrogens (primary N) is 1. The van der Waals surface area contributed by atoms with Gasteiger partial charge >= 0.3 is 0 Å². The van der Waals surface area contributed by atoms with Crippen LogP contribution in [0.1, 0.15) is 28.8 Å². The van der Waals surface area contributed by atoms with Crippen LogP contribution in [0.2, 0.25) is 0 Å². The number of amides is 2. The number of rotatable bonds is 7. The summed E-state index contributed by atoms with van der Waals surface area (Å²) in [6.07, 6.45) is 2.86. The van der Waals surface area contributed by atoms with Crippen molar-refractivity contribution in [2.45, 2.75) is 24.4 Å². The molecule has 1 aliphatic heterocycles. The number of aromatic nitrogens is 2. The Morgan fingerprint density at radius 2 is 1.83 bits per heavy atom. The summed E-state index contributed by atoms with van der Waals surface area (Å²) in [7, 11) is 0. The second-order valence-electron chi connectivity index (χ2n) is 8.52. The number of carbonyl (C=O) groups is 2. The molecule has 1 saturated heterocycles. The van der Waals surface area contributed by atoms with Crippen LogP contribution in [0.15, 0.2) is 58.5 Å². The molecular formula is C25H25F2N5O3S. The quantitative estimate of drug-likeness (QED) is 0.329. The number of nitrogens with zero attached hydrogens (tertiary/aromatic N) is 2. The Bertz CT molecular complexity index is 1310. The van der Waals surface area contributed by atoms with Gasteiger partial charge in [0.15, 0.2) is 22.6 Å². The summed E-state index contributed by atoms with van der Waals surface area (Å²) in [6.45, 7) is 1.36. The third-order valence-electron chi connectivity index (χ3n) is 6.01. The topological polar surface area (TPSA) is 121 Å². The van der Waals surface area contributed by atoms with Crippen LogP contribution in [-0.2, 0) is 11.2 Å². The second-order valence-corrected chi connectivity index (χ2v) is 9.48. The van der Waals surface area contributed by atoms with Gasteiger partial charge in [0, 0.05) is 18.7 Å². The van der Waals surface area contributed by atoms with E-state index in [1.54, 1.807) is 0 Å². The maximum absolute atomic E-state index is 13.4. The predicted octanol–water partition coefficient (Wildman–Crippen LogP) is 3.46. The zero-order chi connectivity index (χ0) is 25.7. The van der Waals surface area contributed by atoms with Gasteiger partial charge in [-0.1, -0.05) is 42.1 Å². The number of carbonyl (C=O) groups excluding carboxylic acids is 2. The zero-order valence-corrected chi connectivity index (χ0v) is 20.1. The highest BCUT2D eigenvalue weighted by Crippen LogP contribution is 2.23. The molecule has 1 aromatic heterocycles. The monoisotopic (exact) mass is 513 g/mol. The Hall–Kier alpha value is -3.73. The summed E-state index contributed by atoms with van der Waals surface area (Å²) in [5, 5.41) is 2.40. The van der Waals surface area contributed by atoms with E-state index in [0.29, 0.717) is 25.1 Å². The Morgan fingerprint density at radius 3 is 2.50 bits per heavy atom. The summed E-state index contributed by atoms with van der Waals surface area (Å²) in [4.78, 5) is 45.8. The van der Waals surface area contributed by atoms with Crippen molar-refractivity contribution in [3.63, 3.8) is 0 Å². The van der Waals surface area contributed by atoms with Gasteiger partial charge in [0.1, 0.15) is 5.69 Å². The van der Waals surface area contributed by atoms with Crippen molar-refractivity contribution in [2.75, 3.05) is 29.9 Å². The molecule has 2 amide bonds. The van der Waals surface area contributed by atoms with Crippen LogP contribution in [-0.4, -0.2) is 45.5 Å². The van der Waals surface area contributed by atoms with Crippen LogP contribution in [0.3, 0.4) is 0 Å². The molecule has 0 aliphatic carbocycles. The zero-order valence-electron chi connectivity index (χ0n) is 19.3. The fourth-order valence-corrected chi connectivity index (χ4v) is 4.81. The van der Waals surface area contributed by atoms with E-state index in [0.717, 1.165) is 43.2 Å². The smallest absolute Gasteiger partial charge is 0.277 e. The van der Waals surface area contributed by atoms with Gasteiger partial charge in [0.05, 0.1) is 5.75 Å². The molecule has 11 heteroatoms. The first-order valence-electron chi connectivity index (χ1n) is 11.4. The second kappa shape index (κ2) is 11.3. The summed E-state index contributed by atoms with van der Waals surface area (Å²) < 4.78 is 26.5. The van der Waals surface area contributed by atoms with Gasteiger partial charge in [0.2, 0.25) is 5.91 Å². The first-order chi connectivity index (χ1) is 17.3. The van der Waals surface area contributed by atoms with Crippen LogP contribution in [0.5, 0.6) is 0 Å². The number of anilines is 2. The van der Waals surface area contributed by atoms with Gasteiger partial charge in [0.25, 0.3) is 11.5 Å². The molecule has 8 nitrogen and oxygen atoms in total. The van der Waals surface area contributed by atoms with Crippen molar-refractivity contribution in [2.24, 2.45) is 5.92 Å². The SMILES string of the molecule is Nc1nc(SCC(=O)N2CCC(Cc3ccccc3)CC2)[nH]c(=O)c1NC(=O)c1ccc(F)c(F)c1. The molecule has 0 unspecified atom stereocenters. The molecule has 1 aliphatic rings. The molecule has 0 spiro atoms. The molecule has 0 radical (unpaired) electrons. The molecule has 2 heterocycles. The Labute approximate surface area is 210 Å². The predicted molar refractivity (Wildman–Crippen MR) is 134 cm³/mol. The van der Waals surface area contributed by atoms with Gasteiger partial charge < -0.3 is 16.0 Å². The molecule has 3 aromatic rings. The summed E-state index contributed by atoms with van der Waals surface area (Å²) in [5.74, 6) is -2.85. The highest BCUT2D eigenvalue weighted by Gasteiger charge is 2.23. The number of hydrogen-bond acceptors (Lipinski definition) is 6. The number of thioether (sulfide) groups is 1. The fourth-order valence-electron chi connectivity index (χ4n) is 4.04. The number of likely N-dealkylation sites (tertiary alicyclic amines) is 1. The summed E-state index contributed by atoms with van der Waals surface area (Å²) >= 11 is 1.04. The minimum atomic E-state index is -1.19. The number of benzene rings is 2. The molecule has 0 bridgehead atoms.